The molecule has 6 heteroatoms. The third kappa shape index (κ3) is 2.14. The van der Waals surface area contributed by atoms with E-state index >= 15 is 0 Å². The van der Waals surface area contributed by atoms with Gasteiger partial charge in [0.25, 0.3) is 0 Å². The van der Waals surface area contributed by atoms with Gasteiger partial charge in [-0.2, -0.15) is 0 Å². The second-order valence-electron chi connectivity index (χ2n) is 4.02. The molecule has 0 radical (unpaired) electrons. The van der Waals surface area contributed by atoms with Crippen LogP contribution >= 0.6 is 0 Å². The zero-order valence-electron chi connectivity index (χ0n) is 10.1. The molecule has 19 heavy (non-hydrogen) atoms. The van der Waals surface area contributed by atoms with Crippen molar-refractivity contribution in [1.82, 2.24) is 20.4 Å². The monoisotopic (exact) mass is 255 g/mol. The molecule has 1 atom stereocenters. The minimum Gasteiger partial charge on any atom is -0.467 e. The Morgan fingerprint density at radius 3 is 2.68 bits per heavy atom. The summed E-state index contributed by atoms with van der Waals surface area (Å²) in [4.78, 5) is 0. The molecule has 2 aromatic heterocycles. The van der Waals surface area contributed by atoms with Gasteiger partial charge in [-0.05, 0) is 24.3 Å². The highest BCUT2D eigenvalue weighted by Gasteiger charge is 2.20. The van der Waals surface area contributed by atoms with Crippen LogP contribution in [0.1, 0.15) is 17.5 Å². The molecular formula is C13H13N5O. The van der Waals surface area contributed by atoms with Gasteiger partial charge < -0.3 is 4.42 Å². The van der Waals surface area contributed by atoms with E-state index in [4.69, 9.17) is 10.3 Å². The summed E-state index contributed by atoms with van der Waals surface area (Å²) in [7, 11) is 0. The number of rotatable bonds is 4. The third-order valence-corrected chi connectivity index (χ3v) is 2.87. The third-order valence-electron chi connectivity index (χ3n) is 2.87. The fourth-order valence-electron chi connectivity index (χ4n) is 1.98. The number of aromatic nitrogens is 3. The van der Waals surface area contributed by atoms with Crippen molar-refractivity contribution in [3.8, 4) is 5.69 Å². The normalized spacial score (nSPS) is 12.5. The van der Waals surface area contributed by atoms with E-state index in [2.05, 4.69) is 15.7 Å². The smallest absolute Gasteiger partial charge is 0.128 e. The fraction of sp³-hybridized carbons (Fsp3) is 0.0769. The molecule has 0 aliphatic heterocycles. The maximum absolute atomic E-state index is 5.62. The van der Waals surface area contributed by atoms with Crippen molar-refractivity contribution < 1.29 is 4.42 Å². The Morgan fingerprint density at radius 2 is 2.00 bits per heavy atom. The van der Waals surface area contributed by atoms with Gasteiger partial charge in [-0.1, -0.05) is 23.4 Å². The summed E-state index contributed by atoms with van der Waals surface area (Å²) in [6.45, 7) is 0. The van der Waals surface area contributed by atoms with E-state index < -0.39 is 0 Å². The molecule has 3 rings (SSSR count). The zero-order valence-corrected chi connectivity index (χ0v) is 10.1. The number of hydrogen-bond acceptors (Lipinski definition) is 5. The van der Waals surface area contributed by atoms with Crippen LogP contribution in [0.4, 0.5) is 0 Å². The lowest BCUT2D eigenvalue weighted by atomic mass is 10.1. The van der Waals surface area contributed by atoms with E-state index in [-0.39, 0.29) is 6.04 Å². The number of hydrogen-bond donors (Lipinski definition) is 2. The maximum atomic E-state index is 5.62. The van der Waals surface area contributed by atoms with Crippen molar-refractivity contribution in [3.63, 3.8) is 0 Å². The van der Waals surface area contributed by atoms with E-state index in [1.807, 2.05) is 42.5 Å². The summed E-state index contributed by atoms with van der Waals surface area (Å²) >= 11 is 0. The van der Waals surface area contributed by atoms with Gasteiger partial charge in [0, 0.05) is 0 Å². The molecule has 0 aliphatic carbocycles. The fourth-order valence-corrected chi connectivity index (χ4v) is 1.98. The topological polar surface area (TPSA) is 81.9 Å². The maximum Gasteiger partial charge on any atom is 0.128 e. The molecule has 2 heterocycles. The second kappa shape index (κ2) is 5.05. The highest BCUT2D eigenvalue weighted by molar-refractivity contribution is 5.33. The van der Waals surface area contributed by atoms with Crippen molar-refractivity contribution in [2.75, 3.05) is 0 Å². The first kappa shape index (κ1) is 11.6. The van der Waals surface area contributed by atoms with Crippen LogP contribution in [0, 0.1) is 0 Å². The number of nitrogens with two attached hydrogens (primary N) is 1. The van der Waals surface area contributed by atoms with Crippen molar-refractivity contribution in [2.24, 2.45) is 5.84 Å². The number of furan rings is 1. The molecule has 6 nitrogen and oxygen atoms in total. The van der Waals surface area contributed by atoms with Crippen LogP contribution < -0.4 is 11.3 Å². The van der Waals surface area contributed by atoms with Crippen molar-refractivity contribution >= 4 is 0 Å². The van der Waals surface area contributed by atoms with Crippen molar-refractivity contribution in [1.29, 1.82) is 0 Å². The Bertz CT molecular complexity index is 632. The zero-order chi connectivity index (χ0) is 13.1. The summed E-state index contributed by atoms with van der Waals surface area (Å²) in [5, 5.41) is 8.05. The summed E-state index contributed by atoms with van der Waals surface area (Å²) in [5.41, 5.74) is 4.45. The highest BCUT2D eigenvalue weighted by atomic mass is 16.3. The van der Waals surface area contributed by atoms with E-state index in [9.17, 15) is 0 Å². The van der Waals surface area contributed by atoms with Gasteiger partial charge in [0.1, 0.15) is 11.8 Å². The van der Waals surface area contributed by atoms with Crippen LogP contribution in [0.25, 0.3) is 5.69 Å². The predicted octanol–water partition coefficient (Wildman–Crippen LogP) is 1.41. The minimum absolute atomic E-state index is 0.301. The molecule has 0 spiro atoms. The first-order valence-corrected chi connectivity index (χ1v) is 5.85. The minimum atomic E-state index is -0.301. The number of nitrogens with zero attached hydrogens (tertiary/aromatic N) is 3. The molecule has 0 fully saturated rings. The lowest BCUT2D eigenvalue weighted by Crippen LogP contribution is -2.30. The molecule has 0 aliphatic rings. The van der Waals surface area contributed by atoms with Crippen LogP contribution in [0.3, 0.4) is 0 Å². The average molecular weight is 255 g/mol. The first-order chi connectivity index (χ1) is 9.40. The lowest BCUT2D eigenvalue weighted by Gasteiger charge is -2.14. The molecule has 0 amide bonds. The standard InChI is InChI=1S/C13H13N5O/c14-16-13(12-7-4-8-19-12)11-9-15-17-18(11)10-5-2-1-3-6-10/h1-9,13,16H,14H2. The first-order valence-electron chi connectivity index (χ1n) is 5.85. The van der Waals surface area contributed by atoms with Gasteiger partial charge >= 0.3 is 0 Å². The van der Waals surface area contributed by atoms with E-state index in [0.29, 0.717) is 5.76 Å². The van der Waals surface area contributed by atoms with Crippen molar-refractivity contribution in [3.05, 3.63) is 66.4 Å². The molecule has 0 bridgehead atoms. The largest absolute Gasteiger partial charge is 0.467 e. The van der Waals surface area contributed by atoms with Crippen LogP contribution in [-0.2, 0) is 0 Å². The van der Waals surface area contributed by atoms with Gasteiger partial charge in [-0.3, -0.25) is 5.84 Å². The summed E-state index contributed by atoms with van der Waals surface area (Å²) < 4.78 is 7.12. The Balaban J connectivity index is 2.04. The summed E-state index contributed by atoms with van der Waals surface area (Å²) in [6, 6.07) is 13.1. The van der Waals surface area contributed by atoms with Gasteiger partial charge in [0.05, 0.1) is 23.8 Å². The Kier molecular flexibility index (Phi) is 3.09. The Hall–Kier alpha value is -2.44. The number of hydrazine groups is 1. The number of para-hydroxylation sites is 1. The Labute approximate surface area is 109 Å². The average Bonchev–Trinajstić information content (AvgIpc) is 3.12. The molecule has 3 N–H and O–H groups in total. The molecule has 0 saturated carbocycles. The SMILES string of the molecule is NNC(c1ccco1)c1cnnn1-c1ccccc1. The molecule has 1 unspecified atom stereocenters. The molecular weight excluding hydrogens is 242 g/mol. The van der Waals surface area contributed by atoms with E-state index in [1.54, 1.807) is 17.1 Å². The van der Waals surface area contributed by atoms with Gasteiger partial charge in [-0.25, -0.2) is 10.1 Å². The van der Waals surface area contributed by atoms with Crippen LogP contribution in [0.2, 0.25) is 0 Å². The Morgan fingerprint density at radius 1 is 1.16 bits per heavy atom. The van der Waals surface area contributed by atoms with E-state index in [0.717, 1.165) is 11.4 Å². The highest BCUT2D eigenvalue weighted by Crippen LogP contribution is 2.22. The van der Waals surface area contributed by atoms with Gasteiger partial charge in [0.15, 0.2) is 0 Å². The van der Waals surface area contributed by atoms with Crippen LogP contribution in [-0.4, -0.2) is 15.0 Å². The summed E-state index contributed by atoms with van der Waals surface area (Å²) in [6.07, 6.45) is 3.27. The van der Waals surface area contributed by atoms with Crippen LogP contribution in [0.15, 0.2) is 59.3 Å². The quantitative estimate of drug-likeness (QED) is 0.544. The van der Waals surface area contributed by atoms with Crippen molar-refractivity contribution in [2.45, 2.75) is 6.04 Å². The predicted molar refractivity (Wildman–Crippen MR) is 69.2 cm³/mol. The van der Waals surface area contributed by atoms with E-state index in [1.165, 1.54) is 0 Å². The van der Waals surface area contributed by atoms with Gasteiger partial charge in [0.2, 0.25) is 0 Å². The molecule has 1 aromatic carbocycles. The molecule has 0 saturated heterocycles. The second-order valence-corrected chi connectivity index (χ2v) is 4.02. The summed E-state index contributed by atoms with van der Waals surface area (Å²) in [5.74, 6) is 6.33. The number of nitrogens with one attached hydrogen (secondary N) is 1. The van der Waals surface area contributed by atoms with Crippen LogP contribution in [0.5, 0.6) is 0 Å². The lowest BCUT2D eigenvalue weighted by molar-refractivity contribution is 0.442. The number of benzene rings is 1. The molecule has 96 valence electrons. The molecule has 3 aromatic rings. The van der Waals surface area contributed by atoms with Gasteiger partial charge in [-0.15, -0.1) is 5.10 Å².